The molecule has 0 bridgehead atoms. The quantitative estimate of drug-likeness (QED) is 0.231. The van der Waals surface area contributed by atoms with Crippen LogP contribution in [0.15, 0.2) is 48.3 Å². The number of carbonyl (C=O) groups excluding carboxylic acids is 1. The van der Waals surface area contributed by atoms with Crippen LogP contribution in [-0.4, -0.2) is 54.5 Å². The minimum absolute atomic E-state index is 0. The molecule has 158 valence electrons. The average Bonchev–Trinajstić information content (AvgIpc) is 3.08. The van der Waals surface area contributed by atoms with Crippen molar-refractivity contribution in [2.24, 2.45) is 7.05 Å². The fraction of sp³-hybridized carbons (Fsp3) is 0.350. The van der Waals surface area contributed by atoms with Crippen LogP contribution >= 0.6 is 0 Å². The van der Waals surface area contributed by atoms with Gasteiger partial charge in [0.2, 0.25) is 0 Å². The second kappa shape index (κ2) is 11.2. The summed E-state index contributed by atoms with van der Waals surface area (Å²) in [6.45, 7) is 2.64. The van der Waals surface area contributed by atoms with Crippen molar-refractivity contribution in [1.82, 2.24) is 15.1 Å². The van der Waals surface area contributed by atoms with Crippen LogP contribution in [0, 0.1) is 11.2 Å². The number of ether oxygens (including phenoxy) is 2. The normalized spacial score (nSPS) is 12.6. The molecule has 0 aliphatic carbocycles. The highest BCUT2D eigenvalue weighted by molar-refractivity contribution is 6.13. The summed E-state index contributed by atoms with van der Waals surface area (Å²) in [6, 6.07) is 5.74. The number of aromatic nitrogens is 2. The topological polar surface area (TPSA) is 101 Å². The maximum Gasteiger partial charge on any atom is 0.254 e. The standard InChI is InChI=1S/C20H26FN5O3.H2/c1-14(11-28-3)23-13-29-12-16(20(27)25-18-9-24-26(2)10-18)8-19(22)15-5-4-6-17(21)7-15;/h4-10,14,22-23H,11-13H2,1-3H3,(H,25,27);1H/b16-8-,22-19?;/t14-;/m0./s1. The third kappa shape index (κ3) is 7.57. The molecule has 0 fully saturated rings. The molecule has 0 unspecified atom stereocenters. The molecule has 3 N–H and O–H groups in total. The van der Waals surface area contributed by atoms with Crippen LogP contribution < -0.4 is 10.6 Å². The first kappa shape index (κ1) is 22.4. The zero-order chi connectivity index (χ0) is 21.2. The number of allylic oxidation sites excluding steroid dienone is 1. The number of anilines is 1. The number of methoxy groups -OCH3 is 1. The van der Waals surface area contributed by atoms with Gasteiger partial charge in [0.05, 0.1) is 37.5 Å². The summed E-state index contributed by atoms with van der Waals surface area (Å²) in [4.78, 5) is 12.7. The van der Waals surface area contributed by atoms with E-state index in [2.05, 4.69) is 15.7 Å². The van der Waals surface area contributed by atoms with E-state index in [1.54, 1.807) is 31.1 Å². The van der Waals surface area contributed by atoms with Crippen molar-refractivity contribution in [3.8, 4) is 0 Å². The molecular weight excluding hydrogens is 377 g/mol. The van der Waals surface area contributed by atoms with E-state index in [4.69, 9.17) is 14.9 Å². The number of nitrogens with one attached hydrogen (secondary N) is 3. The van der Waals surface area contributed by atoms with Gasteiger partial charge in [0.1, 0.15) is 5.82 Å². The molecule has 1 amide bonds. The second-order valence-corrected chi connectivity index (χ2v) is 6.50. The number of hydrogen-bond acceptors (Lipinski definition) is 6. The maximum atomic E-state index is 13.5. The Morgan fingerprint density at radius 1 is 1.48 bits per heavy atom. The van der Waals surface area contributed by atoms with Crippen molar-refractivity contribution < 1.29 is 20.1 Å². The van der Waals surface area contributed by atoms with E-state index in [-0.39, 0.29) is 32.1 Å². The first-order valence-electron chi connectivity index (χ1n) is 9.04. The van der Waals surface area contributed by atoms with Crippen molar-refractivity contribution >= 4 is 17.3 Å². The van der Waals surface area contributed by atoms with Crippen LogP contribution in [-0.2, 0) is 21.3 Å². The molecule has 8 nitrogen and oxygen atoms in total. The average molecular weight is 405 g/mol. The SMILES string of the molecule is COC[C@H](C)NCOC/C(=C/C(=N)c1cccc(F)c1)C(=O)Nc1cnn(C)c1.[HH]. The van der Waals surface area contributed by atoms with Gasteiger partial charge < -0.3 is 20.2 Å². The predicted molar refractivity (Wildman–Crippen MR) is 111 cm³/mol. The molecule has 1 aromatic carbocycles. The highest BCUT2D eigenvalue weighted by Gasteiger charge is 2.13. The van der Waals surface area contributed by atoms with Gasteiger partial charge in [0, 0.05) is 39.0 Å². The van der Waals surface area contributed by atoms with Crippen LogP contribution in [0.1, 0.15) is 13.9 Å². The summed E-state index contributed by atoms with van der Waals surface area (Å²) in [7, 11) is 3.35. The minimum atomic E-state index is -0.449. The zero-order valence-corrected chi connectivity index (χ0v) is 16.7. The summed E-state index contributed by atoms with van der Waals surface area (Å²) in [6.07, 6.45) is 4.55. The molecule has 1 atom stereocenters. The molecule has 1 aromatic heterocycles. The first-order chi connectivity index (χ1) is 13.9. The number of benzene rings is 1. The lowest BCUT2D eigenvalue weighted by molar-refractivity contribution is -0.113. The molecular formula is C20H28FN5O3. The Labute approximate surface area is 170 Å². The van der Waals surface area contributed by atoms with Crippen molar-refractivity contribution in [2.75, 3.05) is 32.4 Å². The first-order valence-corrected chi connectivity index (χ1v) is 9.04. The largest absolute Gasteiger partial charge is 0.383 e. The molecule has 2 rings (SSSR count). The number of hydrogen-bond donors (Lipinski definition) is 3. The summed E-state index contributed by atoms with van der Waals surface area (Å²) < 4.78 is 25.6. The van der Waals surface area contributed by atoms with E-state index in [9.17, 15) is 9.18 Å². The van der Waals surface area contributed by atoms with Crippen LogP contribution in [0.25, 0.3) is 0 Å². The predicted octanol–water partition coefficient (Wildman–Crippen LogP) is 2.34. The summed E-state index contributed by atoms with van der Waals surface area (Å²) in [5, 5.41) is 18.0. The van der Waals surface area contributed by atoms with E-state index < -0.39 is 11.7 Å². The number of nitrogens with zero attached hydrogens (tertiary/aromatic N) is 2. The van der Waals surface area contributed by atoms with Gasteiger partial charge in [-0.15, -0.1) is 0 Å². The summed E-state index contributed by atoms with van der Waals surface area (Å²) in [5.41, 5.74) is 1.12. The lowest BCUT2D eigenvalue weighted by atomic mass is 10.1. The van der Waals surface area contributed by atoms with E-state index in [0.717, 1.165) is 0 Å². The summed E-state index contributed by atoms with van der Waals surface area (Å²) in [5.74, 6) is -0.876. The second-order valence-electron chi connectivity index (χ2n) is 6.50. The van der Waals surface area contributed by atoms with Crippen molar-refractivity contribution in [3.63, 3.8) is 0 Å². The molecule has 1 heterocycles. The highest BCUT2D eigenvalue weighted by atomic mass is 19.1. The minimum Gasteiger partial charge on any atom is -0.383 e. The molecule has 0 saturated carbocycles. The zero-order valence-electron chi connectivity index (χ0n) is 16.7. The molecule has 0 radical (unpaired) electrons. The Kier molecular flexibility index (Phi) is 8.66. The maximum absolute atomic E-state index is 13.5. The number of aryl methyl sites for hydroxylation is 1. The number of amides is 1. The van der Waals surface area contributed by atoms with E-state index >= 15 is 0 Å². The van der Waals surface area contributed by atoms with E-state index in [1.807, 2.05) is 6.92 Å². The van der Waals surface area contributed by atoms with Gasteiger partial charge >= 0.3 is 0 Å². The molecule has 0 spiro atoms. The molecule has 9 heteroatoms. The fourth-order valence-electron chi connectivity index (χ4n) is 2.45. The molecule has 29 heavy (non-hydrogen) atoms. The van der Waals surface area contributed by atoms with Crippen LogP contribution in [0.2, 0.25) is 0 Å². The monoisotopic (exact) mass is 405 g/mol. The Hall–Kier alpha value is -2.88. The Balaban J connectivity index is 0.00000450. The van der Waals surface area contributed by atoms with Crippen LogP contribution in [0.4, 0.5) is 10.1 Å². The molecule has 0 saturated heterocycles. The van der Waals surface area contributed by atoms with Gasteiger partial charge in [-0.25, -0.2) is 4.39 Å². The summed E-state index contributed by atoms with van der Waals surface area (Å²) >= 11 is 0. The number of carbonyl (C=O) groups is 1. The highest BCUT2D eigenvalue weighted by Crippen LogP contribution is 2.10. The van der Waals surface area contributed by atoms with Crippen molar-refractivity contribution in [2.45, 2.75) is 13.0 Å². The molecule has 0 aliphatic heterocycles. The van der Waals surface area contributed by atoms with E-state index in [1.165, 1.54) is 30.5 Å². The molecule has 2 aromatic rings. The van der Waals surface area contributed by atoms with E-state index in [0.29, 0.717) is 17.9 Å². The van der Waals surface area contributed by atoms with Crippen molar-refractivity contribution in [3.05, 3.63) is 59.7 Å². The Morgan fingerprint density at radius 3 is 2.93 bits per heavy atom. The lowest BCUT2D eigenvalue weighted by Crippen LogP contribution is -2.32. The Morgan fingerprint density at radius 2 is 2.28 bits per heavy atom. The lowest BCUT2D eigenvalue weighted by Gasteiger charge is -2.14. The van der Waals surface area contributed by atoms with Gasteiger partial charge in [-0.1, -0.05) is 12.1 Å². The van der Waals surface area contributed by atoms with Gasteiger partial charge in [-0.05, 0) is 25.1 Å². The van der Waals surface area contributed by atoms with Gasteiger partial charge in [-0.2, -0.15) is 5.10 Å². The number of halogens is 1. The van der Waals surface area contributed by atoms with Gasteiger partial charge in [0.15, 0.2) is 0 Å². The molecule has 0 aliphatic rings. The smallest absolute Gasteiger partial charge is 0.254 e. The van der Waals surface area contributed by atoms with Crippen LogP contribution in [0.3, 0.4) is 0 Å². The van der Waals surface area contributed by atoms with Crippen LogP contribution in [0.5, 0.6) is 0 Å². The fourth-order valence-corrected chi connectivity index (χ4v) is 2.45. The number of rotatable bonds is 11. The Bertz CT molecular complexity index is 872. The van der Waals surface area contributed by atoms with Crippen molar-refractivity contribution in [1.29, 1.82) is 5.41 Å². The third-order valence-corrected chi connectivity index (χ3v) is 3.92. The third-order valence-electron chi connectivity index (χ3n) is 3.92. The van der Waals surface area contributed by atoms with Gasteiger partial charge in [0.25, 0.3) is 5.91 Å². The van der Waals surface area contributed by atoms with Gasteiger partial charge in [-0.3, -0.25) is 14.8 Å².